The fraction of sp³-hybridized carbons (Fsp3) is 0.500. The molecule has 0 fully saturated rings. The van der Waals surface area contributed by atoms with Gasteiger partial charge in [-0.05, 0) is 20.3 Å². The van der Waals surface area contributed by atoms with Crippen LogP contribution in [-0.2, 0) is 0 Å². The highest BCUT2D eigenvalue weighted by atomic mass is 35.5. The Balaban J connectivity index is 3.19. The Morgan fingerprint density at radius 1 is 1.37 bits per heavy atom. The van der Waals surface area contributed by atoms with E-state index in [4.69, 9.17) is 28.3 Å². The largest absolute Gasteiger partial charge is 0.396 e. The van der Waals surface area contributed by atoms with Crippen molar-refractivity contribution in [2.45, 2.75) is 26.3 Å². The second-order valence-electron chi connectivity index (χ2n) is 4.38. The number of nitrogens with zero attached hydrogens (tertiary/aromatic N) is 2. The third-order valence-corrected chi connectivity index (χ3v) is 3.26. The second-order valence-corrected chi connectivity index (χ2v) is 5.19. The Labute approximate surface area is 121 Å². The summed E-state index contributed by atoms with van der Waals surface area (Å²) in [6.45, 7) is 4.56. The first-order valence-corrected chi connectivity index (χ1v) is 6.65. The predicted octanol–water partition coefficient (Wildman–Crippen LogP) is 3.50. The van der Waals surface area contributed by atoms with Crippen molar-refractivity contribution >= 4 is 34.6 Å². The molecule has 106 valence electrons. The lowest BCUT2D eigenvalue weighted by atomic mass is 10.2. The Bertz CT molecular complexity index is 443. The monoisotopic (exact) mass is 306 g/mol. The maximum absolute atomic E-state index is 10.7. The molecule has 1 rings (SSSR count). The van der Waals surface area contributed by atoms with Gasteiger partial charge in [-0.3, -0.25) is 10.1 Å². The minimum Gasteiger partial charge on any atom is -0.396 e. The van der Waals surface area contributed by atoms with Crippen LogP contribution < -0.4 is 4.90 Å². The Hall–Kier alpha value is -1.04. The molecule has 5 nitrogen and oxygen atoms in total. The smallest absolute Gasteiger partial charge is 0.272 e. The van der Waals surface area contributed by atoms with E-state index in [1.54, 1.807) is 0 Å². The molecule has 0 heterocycles. The number of nitro groups is 1. The van der Waals surface area contributed by atoms with Crippen LogP contribution in [0.1, 0.15) is 20.3 Å². The zero-order chi connectivity index (χ0) is 14.6. The molecule has 0 aromatic heterocycles. The van der Waals surface area contributed by atoms with E-state index in [-0.39, 0.29) is 28.4 Å². The van der Waals surface area contributed by atoms with Crippen molar-refractivity contribution in [3.8, 4) is 0 Å². The lowest BCUT2D eigenvalue weighted by molar-refractivity contribution is -0.384. The van der Waals surface area contributed by atoms with Gasteiger partial charge in [0.1, 0.15) is 0 Å². The number of halogens is 2. The van der Waals surface area contributed by atoms with E-state index in [1.165, 1.54) is 12.1 Å². The van der Waals surface area contributed by atoms with Crippen LogP contribution >= 0.6 is 23.2 Å². The van der Waals surface area contributed by atoms with Crippen LogP contribution in [-0.4, -0.2) is 29.2 Å². The fourth-order valence-electron chi connectivity index (χ4n) is 1.80. The van der Waals surface area contributed by atoms with E-state index in [9.17, 15) is 10.1 Å². The molecule has 0 aliphatic carbocycles. The molecule has 0 radical (unpaired) electrons. The number of nitro benzene ring substituents is 1. The fourth-order valence-corrected chi connectivity index (χ4v) is 2.49. The lowest BCUT2D eigenvalue weighted by Gasteiger charge is -2.30. The zero-order valence-corrected chi connectivity index (χ0v) is 12.3. The molecule has 1 aromatic rings. The number of anilines is 1. The molecule has 0 unspecified atom stereocenters. The van der Waals surface area contributed by atoms with E-state index < -0.39 is 4.92 Å². The lowest BCUT2D eigenvalue weighted by Crippen LogP contribution is -2.32. The zero-order valence-electron chi connectivity index (χ0n) is 10.8. The molecule has 0 saturated heterocycles. The van der Waals surface area contributed by atoms with Gasteiger partial charge < -0.3 is 10.0 Å². The number of benzene rings is 1. The first kappa shape index (κ1) is 16.0. The number of hydrogen-bond donors (Lipinski definition) is 1. The number of aliphatic hydroxyl groups is 1. The van der Waals surface area contributed by atoms with Crippen LogP contribution in [0.15, 0.2) is 12.1 Å². The van der Waals surface area contributed by atoms with Gasteiger partial charge in [-0.1, -0.05) is 23.2 Å². The molecule has 0 saturated carbocycles. The molecule has 0 aliphatic rings. The van der Waals surface area contributed by atoms with Crippen LogP contribution in [0.3, 0.4) is 0 Å². The SMILES string of the molecule is CC(C)N(CCCO)c1c(Cl)cc([N+](=O)[O-])cc1Cl. The maximum Gasteiger partial charge on any atom is 0.272 e. The number of rotatable bonds is 6. The first-order valence-electron chi connectivity index (χ1n) is 5.89. The average Bonchev–Trinajstić information content (AvgIpc) is 2.31. The van der Waals surface area contributed by atoms with Gasteiger partial charge in [0.2, 0.25) is 0 Å². The van der Waals surface area contributed by atoms with Gasteiger partial charge in [-0.15, -0.1) is 0 Å². The maximum atomic E-state index is 10.7. The molecule has 1 N–H and O–H groups in total. The summed E-state index contributed by atoms with van der Waals surface area (Å²) in [5, 5.41) is 20.1. The topological polar surface area (TPSA) is 66.6 Å². The van der Waals surface area contributed by atoms with Crippen molar-refractivity contribution in [3.63, 3.8) is 0 Å². The molecule has 0 aliphatic heterocycles. The number of aliphatic hydroxyl groups excluding tert-OH is 1. The molecule has 19 heavy (non-hydrogen) atoms. The molecular weight excluding hydrogens is 291 g/mol. The summed E-state index contributed by atoms with van der Waals surface area (Å²) in [6, 6.07) is 2.69. The molecule has 0 spiro atoms. The third kappa shape index (κ3) is 3.96. The summed E-state index contributed by atoms with van der Waals surface area (Å²) in [6.07, 6.45) is 0.571. The summed E-state index contributed by atoms with van der Waals surface area (Å²) in [5.41, 5.74) is 0.432. The minimum absolute atomic E-state index is 0.0610. The van der Waals surface area contributed by atoms with E-state index in [0.717, 1.165) is 0 Å². The molecule has 1 aromatic carbocycles. The van der Waals surface area contributed by atoms with Crippen molar-refractivity contribution in [1.29, 1.82) is 0 Å². The Morgan fingerprint density at radius 2 is 1.89 bits per heavy atom. The quantitative estimate of drug-likeness (QED) is 0.645. The normalized spacial score (nSPS) is 10.8. The van der Waals surface area contributed by atoms with Crippen LogP contribution in [0.5, 0.6) is 0 Å². The molecule has 0 atom stereocenters. The summed E-state index contributed by atoms with van der Waals surface area (Å²) in [5.74, 6) is 0. The van der Waals surface area contributed by atoms with Crippen molar-refractivity contribution in [1.82, 2.24) is 0 Å². The van der Waals surface area contributed by atoms with Gasteiger partial charge in [0.05, 0.1) is 20.7 Å². The van der Waals surface area contributed by atoms with Crippen molar-refractivity contribution in [2.24, 2.45) is 0 Å². The summed E-state index contributed by atoms with van der Waals surface area (Å²) >= 11 is 12.2. The van der Waals surface area contributed by atoms with Gasteiger partial charge in [0.15, 0.2) is 0 Å². The third-order valence-electron chi connectivity index (χ3n) is 2.68. The standard InChI is InChI=1S/C12H16Cl2N2O3/c1-8(2)15(4-3-5-17)12-10(13)6-9(16(18)19)7-11(12)14/h6-8,17H,3-5H2,1-2H3. The first-order chi connectivity index (χ1) is 8.88. The predicted molar refractivity (Wildman–Crippen MR) is 77.3 cm³/mol. The van der Waals surface area contributed by atoms with Crippen molar-refractivity contribution < 1.29 is 10.0 Å². The average molecular weight is 307 g/mol. The summed E-state index contributed by atoms with van der Waals surface area (Å²) in [7, 11) is 0. The van der Waals surface area contributed by atoms with E-state index >= 15 is 0 Å². The molecule has 0 bridgehead atoms. The highest BCUT2D eigenvalue weighted by Gasteiger charge is 2.20. The van der Waals surface area contributed by atoms with Gasteiger partial charge >= 0.3 is 0 Å². The van der Waals surface area contributed by atoms with Crippen LogP contribution in [0, 0.1) is 10.1 Å². The summed E-state index contributed by atoms with van der Waals surface area (Å²) < 4.78 is 0. The molecule has 7 heteroatoms. The summed E-state index contributed by atoms with van der Waals surface area (Å²) in [4.78, 5) is 12.1. The molecular formula is C12H16Cl2N2O3. The van der Waals surface area contributed by atoms with E-state index in [0.29, 0.717) is 18.7 Å². The van der Waals surface area contributed by atoms with E-state index in [1.807, 2.05) is 18.7 Å². The van der Waals surface area contributed by atoms with Crippen molar-refractivity contribution in [2.75, 3.05) is 18.1 Å². The second kappa shape index (κ2) is 6.93. The molecule has 0 amide bonds. The van der Waals surface area contributed by atoms with Crippen molar-refractivity contribution in [3.05, 3.63) is 32.3 Å². The van der Waals surface area contributed by atoms with Gasteiger partial charge in [0.25, 0.3) is 5.69 Å². The van der Waals surface area contributed by atoms with Gasteiger partial charge in [-0.25, -0.2) is 0 Å². The Kier molecular flexibility index (Phi) is 5.85. The Morgan fingerprint density at radius 3 is 2.26 bits per heavy atom. The minimum atomic E-state index is -0.533. The van der Waals surface area contributed by atoms with Crippen LogP contribution in [0.4, 0.5) is 11.4 Å². The van der Waals surface area contributed by atoms with Gasteiger partial charge in [0, 0.05) is 31.3 Å². The number of hydrogen-bond acceptors (Lipinski definition) is 4. The van der Waals surface area contributed by atoms with Crippen LogP contribution in [0.25, 0.3) is 0 Å². The van der Waals surface area contributed by atoms with E-state index in [2.05, 4.69) is 0 Å². The highest BCUT2D eigenvalue weighted by Crippen LogP contribution is 2.38. The van der Waals surface area contributed by atoms with Gasteiger partial charge in [-0.2, -0.15) is 0 Å². The van der Waals surface area contributed by atoms with Crippen LogP contribution in [0.2, 0.25) is 10.0 Å². The highest BCUT2D eigenvalue weighted by molar-refractivity contribution is 6.39. The number of non-ortho nitro benzene ring substituents is 1.